The molecular formula is C22H25N3O4S. The third kappa shape index (κ3) is 4.49. The lowest BCUT2D eigenvalue weighted by Crippen LogP contribution is -2.48. The molecule has 3 heterocycles. The van der Waals surface area contributed by atoms with Crippen molar-refractivity contribution in [2.45, 2.75) is 13.5 Å². The van der Waals surface area contributed by atoms with Gasteiger partial charge in [-0.1, -0.05) is 0 Å². The molecule has 3 aromatic rings. The molecule has 0 saturated carbocycles. The zero-order chi connectivity index (χ0) is 20.9. The zero-order valence-electron chi connectivity index (χ0n) is 17.2. The number of carbonyl (C=O) groups is 1. The molecule has 1 fully saturated rings. The van der Waals surface area contributed by atoms with E-state index in [-0.39, 0.29) is 5.91 Å². The lowest BCUT2D eigenvalue weighted by atomic mass is 10.2. The smallest absolute Gasteiger partial charge is 0.289 e. The van der Waals surface area contributed by atoms with Crippen molar-refractivity contribution >= 4 is 17.2 Å². The average molecular weight is 428 g/mol. The van der Waals surface area contributed by atoms with E-state index in [1.807, 2.05) is 30.0 Å². The Labute approximate surface area is 179 Å². The minimum Gasteiger partial charge on any atom is -0.493 e. The van der Waals surface area contributed by atoms with E-state index in [1.165, 1.54) is 6.26 Å². The van der Waals surface area contributed by atoms with Crippen LogP contribution in [0.25, 0.3) is 10.6 Å². The molecule has 0 bridgehead atoms. The molecule has 1 amide bonds. The first kappa shape index (κ1) is 20.4. The molecule has 0 radical (unpaired) electrons. The van der Waals surface area contributed by atoms with E-state index in [4.69, 9.17) is 18.9 Å². The van der Waals surface area contributed by atoms with Gasteiger partial charge in [-0.05, 0) is 37.3 Å². The van der Waals surface area contributed by atoms with E-state index < -0.39 is 0 Å². The Morgan fingerprint density at radius 2 is 2.03 bits per heavy atom. The normalized spacial score (nSPS) is 14.7. The molecule has 1 aliphatic rings. The van der Waals surface area contributed by atoms with Crippen molar-refractivity contribution in [1.82, 2.24) is 14.8 Å². The van der Waals surface area contributed by atoms with Crippen molar-refractivity contribution in [3.05, 3.63) is 53.4 Å². The first-order valence-corrected chi connectivity index (χ1v) is 10.9. The fourth-order valence-corrected chi connectivity index (χ4v) is 4.29. The lowest BCUT2D eigenvalue weighted by molar-refractivity contribution is 0.0596. The van der Waals surface area contributed by atoms with Crippen LogP contribution in [0.15, 0.2) is 46.4 Å². The summed E-state index contributed by atoms with van der Waals surface area (Å²) in [4.78, 5) is 21.4. The van der Waals surface area contributed by atoms with Crippen molar-refractivity contribution < 1.29 is 18.7 Å². The molecule has 158 valence electrons. The zero-order valence-corrected chi connectivity index (χ0v) is 18.0. The number of furan rings is 1. The number of carbonyl (C=O) groups excluding carboxylic acids is 1. The summed E-state index contributed by atoms with van der Waals surface area (Å²) in [6.07, 6.45) is 1.53. The van der Waals surface area contributed by atoms with Crippen molar-refractivity contribution in [2.24, 2.45) is 0 Å². The van der Waals surface area contributed by atoms with Crippen LogP contribution in [0.2, 0.25) is 0 Å². The minimum atomic E-state index is -0.0416. The van der Waals surface area contributed by atoms with Gasteiger partial charge in [-0.15, -0.1) is 11.3 Å². The van der Waals surface area contributed by atoms with Crippen LogP contribution in [0.3, 0.4) is 0 Å². The molecule has 4 rings (SSSR count). The summed E-state index contributed by atoms with van der Waals surface area (Å²) in [6, 6.07) is 9.35. The Morgan fingerprint density at radius 1 is 1.20 bits per heavy atom. The van der Waals surface area contributed by atoms with Crippen LogP contribution in [0.1, 0.15) is 23.2 Å². The number of nitrogens with zero attached hydrogens (tertiary/aromatic N) is 3. The maximum absolute atomic E-state index is 12.4. The highest BCUT2D eigenvalue weighted by Crippen LogP contribution is 2.34. The molecule has 1 saturated heterocycles. The predicted octanol–water partition coefficient (Wildman–Crippen LogP) is 3.77. The highest BCUT2D eigenvalue weighted by molar-refractivity contribution is 7.13. The molecule has 1 aliphatic heterocycles. The second-order valence-corrected chi connectivity index (χ2v) is 7.85. The van der Waals surface area contributed by atoms with Gasteiger partial charge in [0.15, 0.2) is 17.3 Å². The maximum Gasteiger partial charge on any atom is 0.289 e. The van der Waals surface area contributed by atoms with E-state index in [2.05, 4.69) is 10.3 Å². The van der Waals surface area contributed by atoms with Gasteiger partial charge in [0, 0.05) is 43.7 Å². The summed E-state index contributed by atoms with van der Waals surface area (Å²) in [5.41, 5.74) is 2.05. The molecule has 0 N–H and O–H groups in total. The molecule has 7 nitrogen and oxygen atoms in total. The van der Waals surface area contributed by atoms with E-state index >= 15 is 0 Å². The number of methoxy groups -OCH3 is 1. The van der Waals surface area contributed by atoms with Gasteiger partial charge in [-0.3, -0.25) is 9.69 Å². The maximum atomic E-state index is 12.4. The van der Waals surface area contributed by atoms with Gasteiger partial charge < -0.3 is 18.8 Å². The van der Waals surface area contributed by atoms with E-state index in [0.717, 1.165) is 41.6 Å². The summed E-state index contributed by atoms with van der Waals surface area (Å²) in [7, 11) is 1.64. The summed E-state index contributed by atoms with van der Waals surface area (Å²) in [5.74, 6) is 1.81. The van der Waals surface area contributed by atoms with Crippen molar-refractivity contribution in [3.8, 4) is 22.1 Å². The summed E-state index contributed by atoms with van der Waals surface area (Å²) in [5, 5.41) is 3.05. The molecule has 0 unspecified atom stereocenters. The minimum absolute atomic E-state index is 0.0416. The van der Waals surface area contributed by atoms with Crippen LogP contribution in [0.4, 0.5) is 0 Å². The number of piperazine rings is 1. The van der Waals surface area contributed by atoms with Crippen LogP contribution < -0.4 is 9.47 Å². The summed E-state index contributed by atoms with van der Waals surface area (Å²) in [6.45, 7) is 6.32. The highest BCUT2D eigenvalue weighted by atomic mass is 32.1. The topological polar surface area (TPSA) is 68.0 Å². The van der Waals surface area contributed by atoms with Crippen molar-refractivity contribution in [1.29, 1.82) is 0 Å². The van der Waals surface area contributed by atoms with Gasteiger partial charge in [0.25, 0.3) is 5.91 Å². The quantitative estimate of drug-likeness (QED) is 0.572. The van der Waals surface area contributed by atoms with Crippen LogP contribution in [0, 0.1) is 0 Å². The van der Waals surface area contributed by atoms with Gasteiger partial charge in [0.2, 0.25) is 0 Å². The Balaban J connectivity index is 1.36. The number of hydrogen-bond acceptors (Lipinski definition) is 7. The Kier molecular flexibility index (Phi) is 6.35. The van der Waals surface area contributed by atoms with Gasteiger partial charge in [-0.25, -0.2) is 4.98 Å². The first-order chi connectivity index (χ1) is 14.7. The Bertz CT molecular complexity index is 978. The van der Waals surface area contributed by atoms with Crippen LogP contribution in [-0.2, 0) is 6.54 Å². The van der Waals surface area contributed by atoms with E-state index in [9.17, 15) is 4.79 Å². The Hall–Kier alpha value is -2.84. The number of thiazole rings is 1. The van der Waals surface area contributed by atoms with Crippen LogP contribution >= 0.6 is 11.3 Å². The molecule has 0 spiro atoms. The molecule has 8 heteroatoms. The molecular weight excluding hydrogens is 402 g/mol. The van der Waals surface area contributed by atoms with E-state index in [1.54, 1.807) is 30.6 Å². The van der Waals surface area contributed by atoms with Gasteiger partial charge in [0.1, 0.15) is 5.01 Å². The average Bonchev–Trinajstić information content (AvgIpc) is 3.47. The number of rotatable bonds is 7. The Morgan fingerprint density at radius 3 is 2.73 bits per heavy atom. The highest BCUT2D eigenvalue weighted by Gasteiger charge is 2.24. The number of aromatic nitrogens is 1. The lowest BCUT2D eigenvalue weighted by Gasteiger charge is -2.33. The fraction of sp³-hybridized carbons (Fsp3) is 0.364. The monoisotopic (exact) mass is 427 g/mol. The molecule has 1 aromatic carbocycles. The number of benzene rings is 1. The summed E-state index contributed by atoms with van der Waals surface area (Å²) < 4.78 is 16.3. The predicted molar refractivity (Wildman–Crippen MR) is 115 cm³/mol. The third-order valence-electron chi connectivity index (χ3n) is 5.04. The van der Waals surface area contributed by atoms with Crippen LogP contribution in [0.5, 0.6) is 11.5 Å². The van der Waals surface area contributed by atoms with E-state index in [0.29, 0.717) is 31.2 Å². The third-order valence-corrected chi connectivity index (χ3v) is 5.98. The molecule has 2 aromatic heterocycles. The number of hydrogen-bond donors (Lipinski definition) is 0. The largest absolute Gasteiger partial charge is 0.493 e. The first-order valence-electron chi connectivity index (χ1n) is 9.98. The number of ether oxygens (including phenoxy) is 2. The summed E-state index contributed by atoms with van der Waals surface area (Å²) >= 11 is 1.62. The van der Waals surface area contributed by atoms with Crippen LogP contribution in [-0.4, -0.2) is 60.6 Å². The van der Waals surface area contributed by atoms with Crippen molar-refractivity contribution in [3.63, 3.8) is 0 Å². The molecule has 0 atom stereocenters. The second-order valence-electron chi connectivity index (χ2n) is 6.99. The fourth-order valence-electron chi connectivity index (χ4n) is 3.48. The second kappa shape index (κ2) is 9.32. The standard InChI is InChI=1S/C22H25N3O4S/c1-3-28-18-7-6-16(13-20(18)27-2)21-23-17(15-30-21)14-24-8-10-25(11-9-24)22(26)19-5-4-12-29-19/h4-7,12-13,15H,3,8-11,14H2,1-2H3. The SMILES string of the molecule is CCOc1ccc(-c2nc(CN3CCN(C(=O)c4ccco4)CC3)cs2)cc1OC. The molecule has 0 aliphatic carbocycles. The van der Waals surface area contributed by atoms with Gasteiger partial charge in [-0.2, -0.15) is 0 Å². The van der Waals surface area contributed by atoms with Gasteiger partial charge >= 0.3 is 0 Å². The van der Waals surface area contributed by atoms with Crippen molar-refractivity contribution in [2.75, 3.05) is 39.9 Å². The number of amides is 1. The van der Waals surface area contributed by atoms with Gasteiger partial charge in [0.05, 0.1) is 25.7 Å². The molecule has 30 heavy (non-hydrogen) atoms.